The van der Waals surface area contributed by atoms with Crippen LogP contribution in [0.25, 0.3) is 11.1 Å². The molecule has 3 aromatic heterocycles. The van der Waals surface area contributed by atoms with Crippen LogP contribution >= 0.6 is 0 Å². The maximum atomic E-state index is 13.2. The molecule has 1 fully saturated rings. The Morgan fingerprint density at radius 1 is 1.12 bits per heavy atom. The minimum atomic E-state index is 0.0489. The van der Waals surface area contributed by atoms with Gasteiger partial charge in [0.25, 0.3) is 5.56 Å². The molecule has 3 heterocycles. The highest BCUT2D eigenvalue weighted by molar-refractivity contribution is 5.65. The Morgan fingerprint density at radius 2 is 1.91 bits per heavy atom. The summed E-state index contributed by atoms with van der Waals surface area (Å²) in [4.78, 5) is 17.5. The van der Waals surface area contributed by atoms with Crippen LogP contribution in [0.2, 0.25) is 0 Å². The summed E-state index contributed by atoms with van der Waals surface area (Å²) in [6, 6.07) is 6.32. The molecule has 0 aliphatic heterocycles. The van der Waals surface area contributed by atoms with Crippen LogP contribution in [0.1, 0.15) is 51.0 Å². The molecule has 0 saturated heterocycles. The highest BCUT2D eigenvalue weighted by atomic mass is 16.5. The van der Waals surface area contributed by atoms with Crippen LogP contribution in [0.3, 0.4) is 0 Å². The lowest BCUT2D eigenvalue weighted by molar-refractivity contribution is 0.393. The van der Waals surface area contributed by atoms with Crippen molar-refractivity contribution in [3.05, 3.63) is 58.9 Å². The Morgan fingerprint density at radius 3 is 2.50 bits per heavy atom. The van der Waals surface area contributed by atoms with Crippen molar-refractivity contribution in [1.82, 2.24) is 19.3 Å². The van der Waals surface area contributed by atoms with Crippen molar-refractivity contribution in [3.8, 4) is 17.0 Å². The van der Waals surface area contributed by atoms with Gasteiger partial charge in [0.15, 0.2) is 0 Å². The van der Waals surface area contributed by atoms with Gasteiger partial charge in [-0.2, -0.15) is 5.10 Å². The molecule has 1 N–H and O–H groups in total. The van der Waals surface area contributed by atoms with E-state index in [1.54, 1.807) is 11.8 Å². The molecule has 170 valence electrons. The molecule has 0 spiro atoms. The maximum absolute atomic E-state index is 13.2. The normalized spacial score (nSPS) is 18.7. The molecule has 0 aromatic carbocycles. The molecule has 0 amide bonds. The Labute approximate surface area is 189 Å². The standard InChI is InChI=1S/C25H33N5O2/c1-17(2)14-30-16-20(21-13-27-29(3)15-21)11-23(25(30)31)28-22-8-5-18(6-9-22)19-7-10-24(32-4)26-12-19/h7,10-13,15-18,22,28H,5-6,8-9,14H2,1-4H3. The van der Waals surface area contributed by atoms with Gasteiger partial charge in [-0.15, -0.1) is 0 Å². The first-order valence-electron chi connectivity index (χ1n) is 11.4. The van der Waals surface area contributed by atoms with Gasteiger partial charge >= 0.3 is 0 Å². The van der Waals surface area contributed by atoms with Gasteiger partial charge in [-0.1, -0.05) is 19.9 Å². The summed E-state index contributed by atoms with van der Waals surface area (Å²) in [6.45, 7) is 4.95. The number of anilines is 1. The number of aryl methyl sites for hydroxylation is 1. The van der Waals surface area contributed by atoms with Gasteiger partial charge in [0.2, 0.25) is 5.88 Å². The zero-order chi connectivity index (χ0) is 22.7. The van der Waals surface area contributed by atoms with Crippen molar-refractivity contribution in [2.75, 3.05) is 12.4 Å². The molecule has 1 aliphatic rings. The first kappa shape index (κ1) is 22.1. The fraction of sp³-hybridized carbons (Fsp3) is 0.480. The van der Waals surface area contributed by atoms with E-state index in [0.717, 1.165) is 36.8 Å². The van der Waals surface area contributed by atoms with E-state index in [9.17, 15) is 4.79 Å². The number of nitrogens with zero attached hydrogens (tertiary/aromatic N) is 4. The summed E-state index contributed by atoms with van der Waals surface area (Å²) in [7, 11) is 3.54. The number of nitrogens with one attached hydrogen (secondary N) is 1. The van der Waals surface area contributed by atoms with Gasteiger partial charge in [-0.05, 0) is 49.1 Å². The summed E-state index contributed by atoms with van der Waals surface area (Å²) < 4.78 is 8.79. The third-order valence-electron chi connectivity index (χ3n) is 6.21. The summed E-state index contributed by atoms with van der Waals surface area (Å²) >= 11 is 0. The van der Waals surface area contributed by atoms with Crippen LogP contribution in [0.5, 0.6) is 5.88 Å². The van der Waals surface area contributed by atoms with Crippen LogP contribution in [0, 0.1) is 5.92 Å². The number of aromatic nitrogens is 4. The van der Waals surface area contributed by atoms with Crippen molar-refractivity contribution < 1.29 is 4.74 Å². The fourth-order valence-corrected chi connectivity index (χ4v) is 4.54. The summed E-state index contributed by atoms with van der Waals surface area (Å²) in [5, 5.41) is 7.87. The van der Waals surface area contributed by atoms with E-state index < -0.39 is 0 Å². The Bertz CT molecular complexity index is 1090. The van der Waals surface area contributed by atoms with Crippen LogP contribution in [0.15, 0.2) is 47.8 Å². The van der Waals surface area contributed by atoms with Gasteiger partial charge < -0.3 is 14.6 Å². The summed E-state index contributed by atoms with van der Waals surface area (Å²) in [5.74, 6) is 1.54. The zero-order valence-corrected chi connectivity index (χ0v) is 19.4. The van der Waals surface area contributed by atoms with E-state index in [0.29, 0.717) is 36.0 Å². The van der Waals surface area contributed by atoms with Crippen molar-refractivity contribution in [3.63, 3.8) is 0 Å². The highest BCUT2D eigenvalue weighted by Crippen LogP contribution is 2.34. The molecule has 7 nitrogen and oxygen atoms in total. The first-order chi connectivity index (χ1) is 15.4. The van der Waals surface area contributed by atoms with E-state index in [1.807, 2.05) is 48.5 Å². The molecular formula is C25H33N5O2. The van der Waals surface area contributed by atoms with Crippen LogP contribution < -0.4 is 15.6 Å². The SMILES string of the molecule is COc1ccc(C2CCC(Nc3cc(-c4cnn(C)c4)cn(CC(C)C)c3=O)CC2)cn1. The molecule has 0 radical (unpaired) electrons. The Kier molecular flexibility index (Phi) is 6.63. The predicted octanol–water partition coefficient (Wildman–Crippen LogP) is 4.45. The first-order valence-corrected chi connectivity index (χ1v) is 11.4. The third-order valence-corrected chi connectivity index (χ3v) is 6.21. The minimum absolute atomic E-state index is 0.0489. The van der Waals surface area contributed by atoms with Gasteiger partial charge in [-0.25, -0.2) is 4.98 Å². The minimum Gasteiger partial charge on any atom is -0.481 e. The smallest absolute Gasteiger partial charge is 0.273 e. The highest BCUT2D eigenvalue weighted by Gasteiger charge is 2.24. The number of hydrogen-bond acceptors (Lipinski definition) is 5. The fourth-order valence-electron chi connectivity index (χ4n) is 4.54. The average molecular weight is 436 g/mol. The Balaban J connectivity index is 1.50. The van der Waals surface area contributed by atoms with Crippen LogP contribution in [-0.4, -0.2) is 32.5 Å². The quantitative estimate of drug-likeness (QED) is 0.594. The summed E-state index contributed by atoms with van der Waals surface area (Å²) in [5.41, 5.74) is 4.03. The second kappa shape index (κ2) is 9.59. The lowest BCUT2D eigenvalue weighted by Gasteiger charge is -2.30. The maximum Gasteiger partial charge on any atom is 0.273 e. The molecule has 0 atom stereocenters. The molecule has 4 rings (SSSR count). The lowest BCUT2D eigenvalue weighted by Crippen LogP contribution is -2.31. The van der Waals surface area contributed by atoms with E-state index in [2.05, 4.69) is 35.3 Å². The second-order valence-corrected chi connectivity index (χ2v) is 9.22. The molecule has 0 unspecified atom stereocenters. The van der Waals surface area contributed by atoms with E-state index in [4.69, 9.17) is 4.74 Å². The average Bonchev–Trinajstić information content (AvgIpc) is 3.23. The van der Waals surface area contributed by atoms with Gasteiger partial charge in [0.05, 0.1) is 13.3 Å². The summed E-state index contributed by atoms with van der Waals surface area (Å²) in [6.07, 6.45) is 11.9. The van der Waals surface area contributed by atoms with E-state index >= 15 is 0 Å². The number of pyridine rings is 2. The monoisotopic (exact) mass is 435 g/mol. The number of ether oxygens (including phenoxy) is 1. The van der Waals surface area contributed by atoms with Crippen LogP contribution in [-0.2, 0) is 13.6 Å². The van der Waals surface area contributed by atoms with Gasteiger partial charge in [0, 0.05) is 55.4 Å². The topological polar surface area (TPSA) is 74.0 Å². The number of rotatable bonds is 7. The predicted molar refractivity (Wildman–Crippen MR) is 127 cm³/mol. The van der Waals surface area contributed by atoms with Gasteiger partial charge in [0.1, 0.15) is 5.69 Å². The molecule has 0 bridgehead atoms. The molecule has 1 saturated carbocycles. The molecular weight excluding hydrogens is 402 g/mol. The van der Waals surface area contributed by atoms with Crippen LogP contribution in [0.4, 0.5) is 5.69 Å². The number of hydrogen-bond donors (Lipinski definition) is 1. The second-order valence-electron chi connectivity index (χ2n) is 9.22. The third kappa shape index (κ3) is 5.03. The number of methoxy groups -OCH3 is 1. The van der Waals surface area contributed by atoms with Crippen molar-refractivity contribution >= 4 is 5.69 Å². The Hall–Kier alpha value is -3.09. The zero-order valence-electron chi connectivity index (χ0n) is 19.4. The largest absolute Gasteiger partial charge is 0.481 e. The lowest BCUT2D eigenvalue weighted by atomic mass is 9.82. The molecule has 7 heteroatoms. The van der Waals surface area contributed by atoms with Crippen molar-refractivity contribution in [1.29, 1.82) is 0 Å². The van der Waals surface area contributed by atoms with Crippen molar-refractivity contribution in [2.45, 2.75) is 58.0 Å². The van der Waals surface area contributed by atoms with E-state index in [-0.39, 0.29) is 5.56 Å². The molecule has 32 heavy (non-hydrogen) atoms. The van der Waals surface area contributed by atoms with E-state index in [1.165, 1.54) is 5.56 Å². The van der Waals surface area contributed by atoms with Gasteiger partial charge in [-0.3, -0.25) is 9.48 Å². The molecule has 1 aliphatic carbocycles. The van der Waals surface area contributed by atoms with Crippen molar-refractivity contribution in [2.24, 2.45) is 13.0 Å². The molecule has 3 aromatic rings.